The van der Waals surface area contributed by atoms with Gasteiger partial charge in [-0.25, -0.2) is 0 Å². The molecule has 0 aliphatic carbocycles. The summed E-state index contributed by atoms with van der Waals surface area (Å²) in [5.74, 6) is -0.155. The predicted molar refractivity (Wildman–Crippen MR) is 91.6 cm³/mol. The number of pyridine rings is 1. The Morgan fingerprint density at radius 2 is 2.00 bits per heavy atom. The molecule has 1 aromatic carbocycles. The number of rotatable bonds is 5. The maximum absolute atomic E-state index is 12.2. The molecule has 1 N–H and O–H groups in total. The second-order valence-electron chi connectivity index (χ2n) is 5.16. The molecule has 0 radical (unpaired) electrons. The van der Waals surface area contributed by atoms with Crippen LogP contribution in [-0.2, 0) is 17.4 Å². The highest BCUT2D eigenvalue weighted by Crippen LogP contribution is 2.42. The van der Waals surface area contributed by atoms with Crippen molar-refractivity contribution in [3.05, 3.63) is 52.4 Å². The monoisotopic (exact) mass is 361 g/mol. The van der Waals surface area contributed by atoms with Gasteiger partial charge in [0, 0.05) is 30.8 Å². The maximum Gasteiger partial charge on any atom is 0.204 e. The molecule has 0 fully saturated rings. The van der Waals surface area contributed by atoms with Crippen LogP contribution < -0.4 is 14.9 Å². The van der Waals surface area contributed by atoms with Crippen molar-refractivity contribution in [2.75, 3.05) is 13.4 Å². The zero-order valence-electron chi connectivity index (χ0n) is 13.5. The molecule has 3 aromatic rings. The fourth-order valence-electron chi connectivity index (χ4n) is 2.33. The Bertz CT molecular complexity index is 999. The van der Waals surface area contributed by atoms with Gasteiger partial charge < -0.3 is 19.0 Å². The summed E-state index contributed by atoms with van der Waals surface area (Å²) < 4.78 is 27.9. The highest BCUT2D eigenvalue weighted by atomic mass is 32.2. The molecule has 1 unspecified atom stereocenters. The van der Waals surface area contributed by atoms with Crippen molar-refractivity contribution in [2.45, 2.75) is 11.7 Å². The minimum atomic E-state index is -1.48. The quantitative estimate of drug-likeness (QED) is 0.744. The van der Waals surface area contributed by atoms with E-state index >= 15 is 0 Å². The van der Waals surface area contributed by atoms with Gasteiger partial charge in [-0.15, -0.1) is 0 Å². The Morgan fingerprint density at radius 3 is 2.64 bits per heavy atom. The van der Waals surface area contributed by atoms with Gasteiger partial charge in [-0.3, -0.25) is 14.0 Å². The number of nitrogens with zero attached hydrogens (tertiary/aromatic N) is 1. The van der Waals surface area contributed by atoms with Crippen molar-refractivity contribution in [2.24, 2.45) is 0 Å². The minimum absolute atomic E-state index is 0.0159. The molecule has 1 atom stereocenters. The van der Waals surface area contributed by atoms with Gasteiger partial charge in [-0.1, -0.05) is 0 Å². The van der Waals surface area contributed by atoms with Crippen molar-refractivity contribution in [3.63, 3.8) is 0 Å². The normalized spacial score (nSPS) is 12.1. The fourth-order valence-corrected chi connectivity index (χ4v) is 2.81. The molecule has 3 rings (SSSR count). The Morgan fingerprint density at radius 1 is 1.28 bits per heavy atom. The van der Waals surface area contributed by atoms with Gasteiger partial charge in [-0.2, -0.15) is 0 Å². The highest BCUT2D eigenvalue weighted by molar-refractivity contribution is 7.84. The molecule has 0 bridgehead atoms. The van der Waals surface area contributed by atoms with Gasteiger partial charge in [0.1, 0.15) is 17.6 Å². The Labute approximate surface area is 145 Å². The number of hydrogen-bond acceptors (Lipinski definition) is 7. The number of aromatic nitrogens is 1. The number of hydrogen-bond donors (Lipinski definition) is 1. The summed E-state index contributed by atoms with van der Waals surface area (Å²) in [5, 5.41) is 10.3. The SMILES string of the molecule is COc1c(OCc2ccncc2)cc2oc(S(C)=O)cc(=O)c2c1O. The zero-order valence-corrected chi connectivity index (χ0v) is 14.3. The summed E-state index contributed by atoms with van der Waals surface area (Å²) >= 11 is 0. The molecule has 0 saturated heterocycles. The van der Waals surface area contributed by atoms with Crippen LogP contribution in [0.1, 0.15) is 5.56 Å². The van der Waals surface area contributed by atoms with E-state index < -0.39 is 16.2 Å². The lowest BCUT2D eigenvalue weighted by Gasteiger charge is -2.13. The molecule has 0 aliphatic rings. The van der Waals surface area contributed by atoms with Crippen molar-refractivity contribution in [3.8, 4) is 17.2 Å². The summed E-state index contributed by atoms with van der Waals surface area (Å²) in [5.41, 5.74) is 0.421. The zero-order chi connectivity index (χ0) is 18.0. The fraction of sp³-hybridized carbons (Fsp3) is 0.176. The average Bonchev–Trinajstić information content (AvgIpc) is 2.60. The van der Waals surface area contributed by atoms with E-state index in [0.29, 0.717) is 0 Å². The van der Waals surface area contributed by atoms with Gasteiger partial charge >= 0.3 is 0 Å². The third-order valence-electron chi connectivity index (χ3n) is 3.52. The molecule has 2 aromatic heterocycles. The van der Waals surface area contributed by atoms with Crippen molar-refractivity contribution < 1.29 is 23.2 Å². The van der Waals surface area contributed by atoms with Crippen LogP contribution in [0.3, 0.4) is 0 Å². The number of phenolic OH excluding ortho intramolecular Hbond substituents is 1. The first-order chi connectivity index (χ1) is 12.0. The number of phenols is 1. The maximum atomic E-state index is 12.2. The summed E-state index contributed by atoms with van der Waals surface area (Å²) in [6.07, 6.45) is 4.67. The third-order valence-corrected chi connectivity index (χ3v) is 4.29. The van der Waals surface area contributed by atoms with Gasteiger partial charge in [-0.05, 0) is 17.7 Å². The summed E-state index contributed by atoms with van der Waals surface area (Å²) in [6.45, 7) is 0.202. The summed E-state index contributed by atoms with van der Waals surface area (Å²) in [7, 11) is -0.118. The number of ether oxygens (including phenoxy) is 2. The van der Waals surface area contributed by atoms with Gasteiger partial charge in [0.15, 0.2) is 22.0 Å². The van der Waals surface area contributed by atoms with Crippen LogP contribution in [0.4, 0.5) is 0 Å². The number of benzene rings is 1. The molecular weight excluding hydrogens is 346 g/mol. The number of aromatic hydroxyl groups is 1. The van der Waals surface area contributed by atoms with Crippen molar-refractivity contribution >= 4 is 21.8 Å². The first-order valence-corrected chi connectivity index (χ1v) is 8.80. The lowest BCUT2D eigenvalue weighted by molar-refractivity contribution is 0.277. The minimum Gasteiger partial charge on any atom is -0.504 e. The molecule has 2 heterocycles. The second kappa shape index (κ2) is 6.94. The molecule has 8 heteroatoms. The molecule has 7 nitrogen and oxygen atoms in total. The molecule has 130 valence electrons. The lowest BCUT2D eigenvalue weighted by Crippen LogP contribution is -2.05. The summed E-state index contributed by atoms with van der Waals surface area (Å²) in [6, 6.07) is 6.10. The largest absolute Gasteiger partial charge is 0.504 e. The first-order valence-electron chi connectivity index (χ1n) is 7.24. The Hall–Kier alpha value is -2.87. The van der Waals surface area contributed by atoms with Gasteiger partial charge in [0.25, 0.3) is 0 Å². The van der Waals surface area contributed by atoms with E-state index in [2.05, 4.69) is 4.98 Å². The number of fused-ring (bicyclic) bond motifs is 1. The molecule has 0 aliphatic heterocycles. The van der Waals surface area contributed by atoms with E-state index in [4.69, 9.17) is 13.9 Å². The standard InChI is InChI=1S/C17H15NO6S/c1-22-17-13(23-9-10-3-5-18-6-4-10)8-12-15(16(17)20)11(19)7-14(24-12)25(2)21/h3-8,20H,9H2,1-2H3. The highest BCUT2D eigenvalue weighted by Gasteiger charge is 2.20. The van der Waals surface area contributed by atoms with Crippen LogP contribution in [0.15, 0.2) is 51.0 Å². The van der Waals surface area contributed by atoms with Crippen LogP contribution in [0.25, 0.3) is 11.0 Å². The molecule has 0 amide bonds. The van der Waals surface area contributed by atoms with E-state index in [1.165, 1.54) is 19.4 Å². The van der Waals surface area contributed by atoms with Crippen LogP contribution in [0.5, 0.6) is 17.2 Å². The van der Waals surface area contributed by atoms with Gasteiger partial charge in [0.2, 0.25) is 5.75 Å². The smallest absolute Gasteiger partial charge is 0.204 e. The predicted octanol–water partition coefficient (Wildman–Crippen LogP) is 2.22. The van der Waals surface area contributed by atoms with E-state index in [9.17, 15) is 14.1 Å². The average molecular weight is 361 g/mol. The second-order valence-corrected chi connectivity index (χ2v) is 6.47. The van der Waals surface area contributed by atoms with Crippen LogP contribution in [0, 0.1) is 0 Å². The molecular formula is C17H15NO6S. The van der Waals surface area contributed by atoms with E-state index in [0.717, 1.165) is 11.6 Å². The van der Waals surface area contributed by atoms with Crippen LogP contribution in [-0.4, -0.2) is 27.7 Å². The molecule has 25 heavy (non-hydrogen) atoms. The van der Waals surface area contributed by atoms with E-state index in [1.54, 1.807) is 24.5 Å². The summed E-state index contributed by atoms with van der Waals surface area (Å²) in [4.78, 5) is 16.2. The van der Waals surface area contributed by atoms with E-state index in [1.807, 2.05) is 0 Å². The third kappa shape index (κ3) is 3.34. The Balaban J connectivity index is 2.11. The van der Waals surface area contributed by atoms with E-state index in [-0.39, 0.29) is 39.9 Å². The first kappa shape index (κ1) is 17.0. The van der Waals surface area contributed by atoms with Crippen molar-refractivity contribution in [1.29, 1.82) is 0 Å². The lowest BCUT2D eigenvalue weighted by atomic mass is 10.2. The Kier molecular flexibility index (Phi) is 4.71. The van der Waals surface area contributed by atoms with Gasteiger partial charge in [0.05, 0.1) is 17.9 Å². The van der Waals surface area contributed by atoms with Crippen LogP contribution in [0.2, 0.25) is 0 Å². The van der Waals surface area contributed by atoms with Crippen LogP contribution >= 0.6 is 0 Å². The topological polar surface area (TPSA) is 98.9 Å². The molecule has 0 saturated carbocycles. The van der Waals surface area contributed by atoms with Crippen molar-refractivity contribution in [1.82, 2.24) is 4.98 Å². The molecule has 0 spiro atoms. The number of methoxy groups -OCH3 is 1.